The molecule has 0 aliphatic heterocycles. The summed E-state index contributed by atoms with van der Waals surface area (Å²) in [4.78, 5) is 45.1. The van der Waals surface area contributed by atoms with E-state index in [2.05, 4.69) is 25.9 Å². The fourth-order valence-electron chi connectivity index (χ4n) is 2.58. The van der Waals surface area contributed by atoms with Crippen LogP contribution in [-0.4, -0.2) is 34.0 Å². The molecule has 0 saturated heterocycles. The fourth-order valence-corrected chi connectivity index (χ4v) is 3.24. The Kier molecular flexibility index (Phi) is 7.74. The minimum atomic E-state index is -1.03. The Morgan fingerprint density at radius 3 is 2.38 bits per heavy atom. The first-order valence-electron chi connectivity index (χ1n) is 9.51. The van der Waals surface area contributed by atoms with Gasteiger partial charge in [-0.05, 0) is 43.7 Å². The first-order chi connectivity index (χ1) is 15.3. The van der Waals surface area contributed by atoms with Crippen molar-refractivity contribution in [3.8, 4) is 0 Å². The number of thiazole rings is 1. The van der Waals surface area contributed by atoms with E-state index in [1.165, 1.54) is 23.6 Å². The molecule has 0 fully saturated rings. The number of aromatic nitrogens is 2. The van der Waals surface area contributed by atoms with Gasteiger partial charge < -0.3 is 20.7 Å². The van der Waals surface area contributed by atoms with Crippen molar-refractivity contribution in [2.75, 3.05) is 10.6 Å². The molecule has 0 bridgehead atoms. The zero-order valence-electron chi connectivity index (χ0n) is 17.2. The van der Waals surface area contributed by atoms with Gasteiger partial charge in [-0.2, -0.15) is 0 Å². The number of benzene rings is 1. The SMILES string of the molecule is CC(C)OC(=O)NC(C(=O)Nc1ccc(NC(=O)c2cscn2)nc1)c1ccc(Cl)cc1. The highest BCUT2D eigenvalue weighted by Gasteiger charge is 2.24. The summed E-state index contributed by atoms with van der Waals surface area (Å²) in [7, 11) is 0. The molecule has 3 aromatic rings. The predicted octanol–water partition coefficient (Wildman–Crippen LogP) is 4.26. The lowest BCUT2D eigenvalue weighted by molar-refractivity contribution is -0.118. The average Bonchev–Trinajstić information content (AvgIpc) is 3.29. The zero-order valence-corrected chi connectivity index (χ0v) is 18.7. The molecule has 2 aromatic heterocycles. The number of anilines is 2. The number of pyridine rings is 1. The Morgan fingerprint density at radius 1 is 1.03 bits per heavy atom. The van der Waals surface area contributed by atoms with E-state index >= 15 is 0 Å². The number of carbonyl (C=O) groups is 3. The molecule has 3 amide bonds. The van der Waals surface area contributed by atoms with Gasteiger partial charge in [0, 0.05) is 10.4 Å². The molecule has 0 saturated carbocycles. The van der Waals surface area contributed by atoms with E-state index in [0.29, 0.717) is 27.8 Å². The van der Waals surface area contributed by atoms with Crippen LogP contribution < -0.4 is 16.0 Å². The van der Waals surface area contributed by atoms with E-state index in [1.807, 2.05) is 0 Å². The van der Waals surface area contributed by atoms with E-state index in [1.54, 1.807) is 55.1 Å². The Labute approximate surface area is 193 Å². The molecule has 3 N–H and O–H groups in total. The van der Waals surface area contributed by atoms with Crippen LogP contribution in [0.1, 0.15) is 35.9 Å². The molecule has 11 heteroatoms. The molecule has 166 valence electrons. The third kappa shape index (κ3) is 6.50. The lowest BCUT2D eigenvalue weighted by Crippen LogP contribution is -2.38. The maximum absolute atomic E-state index is 12.9. The van der Waals surface area contributed by atoms with Gasteiger partial charge in [0.15, 0.2) is 0 Å². The number of hydrogen-bond donors (Lipinski definition) is 3. The van der Waals surface area contributed by atoms with Gasteiger partial charge in [0.05, 0.1) is 23.5 Å². The highest BCUT2D eigenvalue weighted by molar-refractivity contribution is 7.07. The molecule has 1 atom stereocenters. The molecule has 3 rings (SSSR count). The largest absolute Gasteiger partial charge is 0.447 e. The second-order valence-electron chi connectivity index (χ2n) is 6.83. The summed E-state index contributed by atoms with van der Waals surface area (Å²) < 4.78 is 5.10. The number of carbonyl (C=O) groups excluding carboxylic acids is 3. The molecule has 32 heavy (non-hydrogen) atoms. The van der Waals surface area contributed by atoms with Gasteiger partial charge in [0.25, 0.3) is 11.8 Å². The van der Waals surface area contributed by atoms with Crippen molar-refractivity contribution in [3.05, 3.63) is 69.8 Å². The van der Waals surface area contributed by atoms with Crippen LogP contribution in [0.25, 0.3) is 0 Å². The number of nitrogens with one attached hydrogen (secondary N) is 3. The van der Waals surface area contributed by atoms with E-state index < -0.39 is 18.0 Å². The van der Waals surface area contributed by atoms with Gasteiger partial charge in [-0.3, -0.25) is 9.59 Å². The molecule has 0 aliphatic carbocycles. The highest BCUT2D eigenvalue weighted by atomic mass is 35.5. The molecule has 0 spiro atoms. The number of halogens is 1. The number of amides is 3. The minimum absolute atomic E-state index is 0.291. The van der Waals surface area contributed by atoms with Gasteiger partial charge in [-0.25, -0.2) is 14.8 Å². The van der Waals surface area contributed by atoms with Crippen molar-refractivity contribution in [2.45, 2.75) is 26.0 Å². The highest BCUT2D eigenvalue weighted by Crippen LogP contribution is 2.20. The van der Waals surface area contributed by atoms with E-state index in [-0.39, 0.29) is 12.0 Å². The molecular formula is C21H20ClN5O4S. The fraction of sp³-hybridized carbons (Fsp3) is 0.190. The molecule has 0 aliphatic rings. The third-order valence-electron chi connectivity index (χ3n) is 4.01. The number of hydrogen-bond acceptors (Lipinski definition) is 7. The van der Waals surface area contributed by atoms with Crippen molar-refractivity contribution >= 4 is 52.4 Å². The molecule has 0 radical (unpaired) electrons. The Morgan fingerprint density at radius 2 is 1.78 bits per heavy atom. The topological polar surface area (TPSA) is 122 Å². The normalized spacial score (nSPS) is 11.5. The zero-order chi connectivity index (χ0) is 23.1. The third-order valence-corrected chi connectivity index (χ3v) is 4.85. The Hall–Kier alpha value is -3.50. The van der Waals surface area contributed by atoms with Crippen molar-refractivity contribution in [2.24, 2.45) is 0 Å². The van der Waals surface area contributed by atoms with E-state index in [9.17, 15) is 14.4 Å². The van der Waals surface area contributed by atoms with Crippen LogP contribution >= 0.6 is 22.9 Å². The van der Waals surface area contributed by atoms with Crippen molar-refractivity contribution in [1.82, 2.24) is 15.3 Å². The summed E-state index contributed by atoms with van der Waals surface area (Å²) in [5.41, 5.74) is 2.75. The van der Waals surface area contributed by atoms with Gasteiger partial charge in [-0.15, -0.1) is 11.3 Å². The van der Waals surface area contributed by atoms with Crippen LogP contribution in [-0.2, 0) is 9.53 Å². The summed E-state index contributed by atoms with van der Waals surface area (Å²) >= 11 is 7.24. The first-order valence-corrected chi connectivity index (χ1v) is 10.8. The molecule has 1 unspecified atom stereocenters. The lowest BCUT2D eigenvalue weighted by Gasteiger charge is -2.19. The van der Waals surface area contributed by atoms with Crippen molar-refractivity contribution in [1.29, 1.82) is 0 Å². The van der Waals surface area contributed by atoms with Crippen molar-refractivity contribution in [3.63, 3.8) is 0 Å². The quantitative estimate of drug-likeness (QED) is 0.471. The molecule has 2 heterocycles. The first kappa shape index (κ1) is 23.2. The summed E-state index contributed by atoms with van der Waals surface area (Å²) in [5, 5.41) is 9.99. The monoisotopic (exact) mass is 473 g/mol. The summed E-state index contributed by atoms with van der Waals surface area (Å²) in [6, 6.07) is 8.60. The average molecular weight is 474 g/mol. The standard InChI is InChI=1S/C21H20ClN5O4S/c1-12(2)31-21(30)27-18(13-3-5-14(22)6-4-13)20(29)25-15-7-8-17(23-9-15)26-19(28)16-10-32-11-24-16/h3-12,18H,1-2H3,(H,25,29)(H,27,30)(H,23,26,28). The van der Waals surface area contributed by atoms with Crippen molar-refractivity contribution < 1.29 is 19.1 Å². The van der Waals surface area contributed by atoms with Gasteiger partial charge in [-0.1, -0.05) is 23.7 Å². The summed E-state index contributed by atoms with van der Waals surface area (Å²) in [6.45, 7) is 3.41. The van der Waals surface area contributed by atoms with Gasteiger partial charge >= 0.3 is 6.09 Å². The number of rotatable bonds is 7. The van der Waals surface area contributed by atoms with E-state index in [4.69, 9.17) is 16.3 Å². The second-order valence-corrected chi connectivity index (χ2v) is 7.99. The number of alkyl carbamates (subject to hydrolysis) is 1. The Bertz CT molecular complexity index is 1070. The minimum Gasteiger partial charge on any atom is -0.447 e. The summed E-state index contributed by atoms with van der Waals surface area (Å²) in [5.74, 6) is -0.589. The van der Waals surface area contributed by atoms with E-state index in [0.717, 1.165) is 0 Å². The Balaban J connectivity index is 1.69. The predicted molar refractivity (Wildman–Crippen MR) is 122 cm³/mol. The van der Waals surface area contributed by atoms with Crippen LogP contribution in [0.5, 0.6) is 0 Å². The molecule has 9 nitrogen and oxygen atoms in total. The number of ether oxygens (including phenoxy) is 1. The maximum atomic E-state index is 12.9. The van der Waals surface area contributed by atoms with Crippen LogP contribution in [0, 0.1) is 0 Å². The maximum Gasteiger partial charge on any atom is 0.408 e. The number of nitrogens with zero attached hydrogens (tertiary/aromatic N) is 2. The lowest BCUT2D eigenvalue weighted by atomic mass is 10.1. The van der Waals surface area contributed by atoms with Gasteiger partial charge in [0.2, 0.25) is 0 Å². The second kappa shape index (κ2) is 10.7. The smallest absolute Gasteiger partial charge is 0.408 e. The van der Waals surface area contributed by atoms with Crippen LogP contribution in [0.3, 0.4) is 0 Å². The van der Waals surface area contributed by atoms with Crippen LogP contribution in [0.4, 0.5) is 16.3 Å². The summed E-state index contributed by atoms with van der Waals surface area (Å²) in [6.07, 6.45) is 0.313. The molecule has 1 aromatic carbocycles. The van der Waals surface area contributed by atoms with Crippen LogP contribution in [0.15, 0.2) is 53.5 Å². The molecular weight excluding hydrogens is 454 g/mol. The van der Waals surface area contributed by atoms with Gasteiger partial charge in [0.1, 0.15) is 17.6 Å². The van der Waals surface area contributed by atoms with Crippen LogP contribution in [0.2, 0.25) is 5.02 Å².